The van der Waals surface area contributed by atoms with Gasteiger partial charge in [-0.15, -0.1) is 11.3 Å². The number of anilines is 1. The van der Waals surface area contributed by atoms with Crippen molar-refractivity contribution in [2.24, 2.45) is 0 Å². The van der Waals surface area contributed by atoms with Gasteiger partial charge in [-0.25, -0.2) is 9.69 Å². The van der Waals surface area contributed by atoms with Crippen molar-refractivity contribution >= 4 is 51.5 Å². The van der Waals surface area contributed by atoms with Crippen molar-refractivity contribution < 1.29 is 19.2 Å². The molecule has 0 bridgehead atoms. The van der Waals surface area contributed by atoms with E-state index in [1.54, 1.807) is 24.3 Å². The lowest BCUT2D eigenvalue weighted by Crippen LogP contribution is -2.38. The topological polar surface area (TPSA) is 86.8 Å². The second-order valence-corrected chi connectivity index (χ2v) is 7.25. The largest absolute Gasteiger partial charge is 0.335 e. The van der Waals surface area contributed by atoms with Gasteiger partial charge in [0.1, 0.15) is 6.54 Å². The van der Waals surface area contributed by atoms with Gasteiger partial charge in [0.2, 0.25) is 5.91 Å². The number of benzene rings is 2. The van der Waals surface area contributed by atoms with E-state index in [1.807, 2.05) is 35.7 Å². The summed E-state index contributed by atoms with van der Waals surface area (Å²) in [6.45, 7) is -0.504. The van der Waals surface area contributed by atoms with Crippen LogP contribution >= 0.6 is 11.3 Å². The van der Waals surface area contributed by atoms with Gasteiger partial charge < -0.3 is 5.32 Å². The number of fused-ring (bicyclic) bond motifs is 1. The van der Waals surface area contributed by atoms with Crippen LogP contribution in [0.5, 0.6) is 0 Å². The normalized spacial score (nSPS) is 14.2. The Labute approximate surface area is 164 Å². The number of amides is 5. The minimum Gasteiger partial charge on any atom is -0.324 e. The third-order valence-corrected chi connectivity index (χ3v) is 5.26. The zero-order valence-corrected chi connectivity index (χ0v) is 15.4. The Morgan fingerprint density at radius 1 is 0.893 bits per heavy atom. The van der Waals surface area contributed by atoms with Gasteiger partial charge in [0, 0.05) is 16.0 Å². The molecule has 28 heavy (non-hydrogen) atoms. The first-order chi connectivity index (χ1) is 13.5. The van der Waals surface area contributed by atoms with Crippen molar-refractivity contribution in [1.82, 2.24) is 9.80 Å². The summed E-state index contributed by atoms with van der Waals surface area (Å²) in [7, 11) is 0. The van der Waals surface area contributed by atoms with E-state index < -0.39 is 30.3 Å². The molecule has 0 spiro atoms. The molecule has 0 saturated carbocycles. The molecular formula is C20H15N3O4S. The maximum atomic E-state index is 12.5. The average Bonchev–Trinajstić information content (AvgIpc) is 3.28. The summed E-state index contributed by atoms with van der Waals surface area (Å²) < 4.78 is 0. The van der Waals surface area contributed by atoms with Crippen LogP contribution in [0.1, 0.15) is 4.88 Å². The average molecular weight is 393 g/mol. The van der Waals surface area contributed by atoms with Gasteiger partial charge >= 0.3 is 17.8 Å². The number of nitrogens with zero attached hydrogens (tertiary/aromatic N) is 2. The first kappa shape index (κ1) is 17.9. The number of imide groups is 2. The molecule has 8 heteroatoms. The van der Waals surface area contributed by atoms with Crippen LogP contribution in [-0.2, 0) is 20.9 Å². The van der Waals surface area contributed by atoms with Gasteiger partial charge in [-0.3, -0.25) is 19.3 Å². The van der Waals surface area contributed by atoms with Crippen LogP contribution in [0, 0.1) is 0 Å². The highest BCUT2D eigenvalue weighted by molar-refractivity contribution is 7.09. The molecule has 2 aromatic carbocycles. The van der Waals surface area contributed by atoms with Crippen LogP contribution in [0.3, 0.4) is 0 Å². The van der Waals surface area contributed by atoms with Crippen LogP contribution in [0.15, 0.2) is 60.0 Å². The number of hydrogen-bond donors (Lipinski definition) is 1. The van der Waals surface area contributed by atoms with Crippen molar-refractivity contribution in [2.75, 3.05) is 11.9 Å². The molecule has 2 heterocycles. The van der Waals surface area contributed by atoms with Gasteiger partial charge in [-0.2, -0.15) is 0 Å². The highest BCUT2D eigenvalue weighted by Gasteiger charge is 2.45. The summed E-state index contributed by atoms with van der Waals surface area (Å²) in [5, 5.41) is 6.32. The van der Waals surface area contributed by atoms with E-state index in [9.17, 15) is 19.2 Å². The standard InChI is InChI=1S/C20H15N3O4S/c24-17(21-16-9-3-6-13-5-1-2-8-15(13)16)12-23-19(26)18(25)22(20(23)27)11-14-7-4-10-28-14/h1-10H,11-12H2,(H,21,24). The van der Waals surface area contributed by atoms with Crippen molar-refractivity contribution in [2.45, 2.75) is 6.54 Å². The van der Waals surface area contributed by atoms with Crippen molar-refractivity contribution in [3.05, 3.63) is 64.9 Å². The van der Waals surface area contributed by atoms with Gasteiger partial charge in [-0.05, 0) is 22.9 Å². The van der Waals surface area contributed by atoms with Crippen LogP contribution < -0.4 is 5.32 Å². The highest BCUT2D eigenvalue weighted by Crippen LogP contribution is 2.23. The Morgan fingerprint density at radius 2 is 1.64 bits per heavy atom. The van der Waals surface area contributed by atoms with E-state index in [-0.39, 0.29) is 6.54 Å². The molecule has 3 aromatic rings. The van der Waals surface area contributed by atoms with Gasteiger partial charge in [0.25, 0.3) is 0 Å². The second kappa shape index (κ2) is 7.24. The molecule has 1 aliphatic rings. The third kappa shape index (κ3) is 3.25. The fourth-order valence-electron chi connectivity index (χ4n) is 3.06. The predicted octanol–water partition coefficient (Wildman–Crippen LogP) is 2.83. The zero-order valence-electron chi connectivity index (χ0n) is 14.6. The molecule has 0 atom stereocenters. The molecule has 1 N–H and O–H groups in total. The summed E-state index contributed by atoms with van der Waals surface area (Å²) in [5.74, 6) is -2.46. The molecule has 0 radical (unpaired) electrons. The molecule has 4 rings (SSSR count). The van der Waals surface area contributed by atoms with Crippen LogP contribution in [-0.4, -0.2) is 40.1 Å². The Morgan fingerprint density at radius 3 is 2.43 bits per heavy atom. The number of rotatable bonds is 5. The molecule has 0 aliphatic carbocycles. The lowest BCUT2D eigenvalue weighted by molar-refractivity contribution is -0.143. The molecule has 1 aromatic heterocycles. The molecule has 1 fully saturated rings. The Hall–Kier alpha value is -3.52. The van der Waals surface area contributed by atoms with Gasteiger partial charge in [-0.1, -0.05) is 42.5 Å². The summed E-state index contributed by atoms with van der Waals surface area (Å²) in [6, 6.07) is 15.8. The van der Waals surface area contributed by atoms with Crippen LogP contribution in [0.25, 0.3) is 10.8 Å². The first-order valence-corrected chi connectivity index (χ1v) is 9.40. The summed E-state index contributed by atoms with van der Waals surface area (Å²) >= 11 is 1.38. The Bertz CT molecular complexity index is 1090. The SMILES string of the molecule is O=C(CN1C(=O)C(=O)N(Cc2cccs2)C1=O)Nc1cccc2ccccc12. The van der Waals surface area contributed by atoms with E-state index in [1.165, 1.54) is 11.3 Å². The minimum absolute atomic E-state index is 0.0164. The maximum absolute atomic E-state index is 12.5. The van der Waals surface area contributed by atoms with E-state index >= 15 is 0 Å². The highest BCUT2D eigenvalue weighted by atomic mass is 32.1. The smallest absolute Gasteiger partial charge is 0.324 e. The van der Waals surface area contributed by atoms with Crippen LogP contribution in [0.4, 0.5) is 10.5 Å². The molecule has 5 amide bonds. The summed E-state index contributed by atoms with van der Waals surface area (Å²) in [5.41, 5.74) is 0.573. The number of hydrogen-bond acceptors (Lipinski definition) is 5. The van der Waals surface area contributed by atoms with Gasteiger partial charge in [0.15, 0.2) is 0 Å². The summed E-state index contributed by atoms with van der Waals surface area (Å²) in [6.07, 6.45) is 0. The molecule has 1 aliphatic heterocycles. The predicted molar refractivity (Wildman–Crippen MR) is 105 cm³/mol. The monoisotopic (exact) mass is 393 g/mol. The number of nitrogens with one attached hydrogen (secondary N) is 1. The van der Waals surface area contributed by atoms with E-state index in [2.05, 4.69) is 5.32 Å². The number of thiophene rings is 1. The fourth-order valence-corrected chi connectivity index (χ4v) is 3.75. The Kier molecular flexibility index (Phi) is 4.62. The van der Waals surface area contributed by atoms with Crippen molar-refractivity contribution in [1.29, 1.82) is 0 Å². The van der Waals surface area contributed by atoms with E-state index in [0.717, 1.165) is 20.5 Å². The molecule has 140 valence electrons. The quantitative estimate of drug-likeness (QED) is 0.533. The molecular weight excluding hydrogens is 378 g/mol. The van der Waals surface area contributed by atoms with Gasteiger partial charge in [0.05, 0.1) is 6.54 Å². The second-order valence-electron chi connectivity index (χ2n) is 6.22. The minimum atomic E-state index is -0.991. The Balaban J connectivity index is 1.48. The first-order valence-electron chi connectivity index (χ1n) is 8.52. The van der Waals surface area contributed by atoms with Crippen molar-refractivity contribution in [3.8, 4) is 0 Å². The van der Waals surface area contributed by atoms with E-state index in [0.29, 0.717) is 10.6 Å². The number of carbonyl (C=O) groups excluding carboxylic acids is 4. The number of carbonyl (C=O) groups is 4. The van der Waals surface area contributed by atoms with Crippen LogP contribution in [0.2, 0.25) is 0 Å². The molecule has 1 saturated heterocycles. The third-order valence-electron chi connectivity index (χ3n) is 4.39. The number of urea groups is 1. The molecule has 0 unspecified atom stereocenters. The maximum Gasteiger partial charge on any atom is 0.335 e. The van der Waals surface area contributed by atoms with Crippen molar-refractivity contribution in [3.63, 3.8) is 0 Å². The molecule has 7 nitrogen and oxygen atoms in total. The lowest BCUT2D eigenvalue weighted by Gasteiger charge is -2.15. The summed E-state index contributed by atoms with van der Waals surface area (Å²) in [4.78, 5) is 51.6. The van der Waals surface area contributed by atoms with E-state index in [4.69, 9.17) is 0 Å². The fraction of sp³-hybridized carbons (Fsp3) is 0.100. The zero-order chi connectivity index (χ0) is 19.7. The lowest BCUT2D eigenvalue weighted by atomic mass is 10.1.